The molecule has 0 spiro atoms. The van der Waals surface area contributed by atoms with Crippen molar-refractivity contribution in [1.82, 2.24) is 20.1 Å². The van der Waals surface area contributed by atoms with Gasteiger partial charge in [-0.3, -0.25) is 4.79 Å². The number of aromatic nitrogens is 3. The van der Waals surface area contributed by atoms with Gasteiger partial charge in [-0.2, -0.15) is 13.5 Å². The van der Waals surface area contributed by atoms with E-state index in [0.717, 1.165) is 0 Å². The molecule has 3 aromatic rings. The number of fused-ring (bicyclic) bond motifs is 1. The van der Waals surface area contributed by atoms with E-state index in [2.05, 4.69) is 19.8 Å². The SMILES string of the molecule is O=C(NC1=NS(=O)(=O)c2ccccc21)c1ccc(-n2cccn2)nc1. The van der Waals surface area contributed by atoms with Crippen LogP contribution >= 0.6 is 0 Å². The van der Waals surface area contributed by atoms with Crippen molar-refractivity contribution in [3.8, 4) is 5.82 Å². The number of carbonyl (C=O) groups excluding carboxylic acids is 1. The van der Waals surface area contributed by atoms with Gasteiger partial charge in [0.25, 0.3) is 15.9 Å². The fourth-order valence-electron chi connectivity index (χ4n) is 2.44. The Hall–Kier alpha value is -3.33. The summed E-state index contributed by atoms with van der Waals surface area (Å²) < 4.78 is 29.2. The van der Waals surface area contributed by atoms with Gasteiger partial charge >= 0.3 is 0 Å². The number of amides is 1. The first kappa shape index (κ1) is 15.2. The summed E-state index contributed by atoms with van der Waals surface area (Å²) in [7, 11) is -3.77. The molecule has 8 nitrogen and oxygen atoms in total. The number of pyridine rings is 1. The standard InChI is InChI=1S/C16H11N5O3S/c22-16(11-6-7-14(17-10-11)21-9-3-8-18-21)19-15-12-4-1-2-5-13(12)25(23,24)20-15/h1-10H,(H,19,20,22). The number of hydrogen-bond donors (Lipinski definition) is 1. The van der Waals surface area contributed by atoms with Crippen LogP contribution in [0.5, 0.6) is 0 Å². The molecule has 4 rings (SSSR count). The number of sulfonamides is 1. The van der Waals surface area contributed by atoms with Gasteiger partial charge in [0.05, 0.1) is 5.56 Å². The maximum absolute atomic E-state index is 12.4. The molecule has 1 aromatic carbocycles. The smallest absolute Gasteiger partial charge is 0.285 e. The van der Waals surface area contributed by atoms with Crippen LogP contribution in [0, 0.1) is 0 Å². The van der Waals surface area contributed by atoms with E-state index in [-0.39, 0.29) is 16.3 Å². The summed E-state index contributed by atoms with van der Waals surface area (Å²) in [5.74, 6) is 0.0783. The molecule has 25 heavy (non-hydrogen) atoms. The molecule has 1 amide bonds. The molecular weight excluding hydrogens is 342 g/mol. The Bertz CT molecular complexity index is 1090. The summed E-state index contributed by atoms with van der Waals surface area (Å²) >= 11 is 0. The number of benzene rings is 1. The van der Waals surface area contributed by atoms with Crippen molar-refractivity contribution in [2.75, 3.05) is 0 Å². The lowest BCUT2D eigenvalue weighted by atomic mass is 10.2. The highest BCUT2D eigenvalue weighted by atomic mass is 32.2. The Labute approximate surface area is 142 Å². The predicted molar refractivity (Wildman–Crippen MR) is 89.0 cm³/mol. The van der Waals surface area contributed by atoms with Gasteiger partial charge < -0.3 is 5.32 Å². The average Bonchev–Trinajstić information content (AvgIpc) is 3.23. The van der Waals surface area contributed by atoms with Gasteiger partial charge in [-0.25, -0.2) is 9.67 Å². The monoisotopic (exact) mass is 353 g/mol. The Morgan fingerprint density at radius 1 is 1.08 bits per heavy atom. The molecule has 1 aliphatic heterocycles. The first-order valence-electron chi connectivity index (χ1n) is 7.26. The third-order valence-electron chi connectivity index (χ3n) is 3.61. The zero-order valence-electron chi connectivity index (χ0n) is 12.7. The molecule has 0 unspecified atom stereocenters. The first-order chi connectivity index (χ1) is 12.0. The van der Waals surface area contributed by atoms with Crippen LogP contribution < -0.4 is 5.32 Å². The van der Waals surface area contributed by atoms with E-state index in [1.165, 1.54) is 12.3 Å². The Balaban J connectivity index is 1.59. The van der Waals surface area contributed by atoms with Crippen LogP contribution in [0.2, 0.25) is 0 Å². The maximum Gasteiger partial charge on any atom is 0.285 e. The van der Waals surface area contributed by atoms with Crippen molar-refractivity contribution in [3.05, 3.63) is 72.2 Å². The van der Waals surface area contributed by atoms with Crippen molar-refractivity contribution >= 4 is 21.8 Å². The van der Waals surface area contributed by atoms with Crippen molar-refractivity contribution in [2.24, 2.45) is 4.40 Å². The largest absolute Gasteiger partial charge is 0.305 e. The molecule has 1 N–H and O–H groups in total. The maximum atomic E-state index is 12.4. The van der Waals surface area contributed by atoms with Gasteiger partial charge in [-0.15, -0.1) is 4.40 Å². The highest BCUT2D eigenvalue weighted by Gasteiger charge is 2.29. The van der Waals surface area contributed by atoms with Crippen molar-refractivity contribution in [2.45, 2.75) is 4.90 Å². The molecule has 9 heteroatoms. The van der Waals surface area contributed by atoms with Gasteiger partial charge in [0, 0.05) is 24.2 Å². The van der Waals surface area contributed by atoms with Crippen LogP contribution in [0.1, 0.15) is 15.9 Å². The van der Waals surface area contributed by atoms with E-state index in [1.54, 1.807) is 53.5 Å². The van der Waals surface area contributed by atoms with Gasteiger partial charge in [-0.1, -0.05) is 12.1 Å². The molecule has 0 fully saturated rings. The molecular formula is C16H11N5O3S. The molecule has 0 radical (unpaired) electrons. The number of carbonyl (C=O) groups is 1. The van der Waals surface area contributed by atoms with Crippen LogP contribution in [0.3, 0.4) is 0 Å². The summed E-state index contributed by atoms with van der Waals surface area (Å²) in [6.45, 7) is 0. The third-order valence-corrected chi connectivity index (χ3v) is 4.95. The molecule has 0 saturated heterocycles. The van der Waals surface area contributed by atoms with Crippen LogP contribution in [-0.2, 0) is 10.0 Å². The molecule has 0 saturated carbocycles. The summed E-state index contributed by atoms with van der Waals surface area (Å²) in [5, 5.41) is 6.58. The van der Waals surface area contributed by atoms with Crippen molar-refractivity contribution in [1.29, 1.82) is 0 Å². The van der Waals surface area contributed by atoms with Crippen LogP contribution in [0.4, 0.5) is 0 Å². The molecule has 124 valence electrons. The zero-order valence-corrected chi connectivity index (χ0v) is 13.5. The molecule has 2 aromatic heterocycles. The third kappa shape index (κ3) is 2.70. The van der Waals surface area contributed by atoms with Crippen molar-refractivity contribution in [3.63, 3.8) is 0 Å². The summed E-state index contributed by atoms with van der Waals surface area (Å²) in [6.07, 6.45) is 4.75. The molecule has 0 bridgehead atoms. The fourth-order valence-corrected chi connectivity index (χ4v) is 3.61. The van der Waals surface area contributed by atoms with E-state index < -0.39 is 15.9 Å². The molecule has 0 atom stereocenters. The normalized spacial score (nSPS) is 14.6. The van der Waals surface area contributed by atoms with Gasteiger partial charge in [0.2, 0.25) is 0 Å². The Morgan fingerprint density at radius 3 is 2.64 bits per heavy atom. The highest BCUT2D eigenvalue weighted by Crippen LogP contribution is 2.24. The van der Waals surface area contributed by atoms with Gasteiger partial charge in [0.1, 0.15) is 4.90 Å². The second-order valence-corrected chi connectivity index (χ2v) is 6.79. The lowest BCUT2D eigenvalue weighted by molar-refractivity contribution is 0.0977. The summed E-state index contributed by atoms with van der Waals surface area (Å²) in [5.41, 5.74) is 0.650. The number of rotatable bonds is 2. The number of amidine groups is 1. The molecule has 3 heterocycles. The Morgan fingerprint density at radius 2 is 1.92 bits per heavy atom. The van der Waals surface area contributed by atoms with Crippen LogP contribution in [-0.4, -0.2) is 34.9 Å². The minimum Gasteiger partial charge on any atom is -0.305 e. The summed E-state index contributed by atoms with van der Waals surface area (Å²) in [6, 6.07) is 11.3. The van der Waals surface area contributed by atoms with Crippen molar-refractivity contribution < 1.29 is 13.2 Å². The minimum atomic E-state index is -3.77. The van der Waals surface area contributed by atoms with E-state index in [4.69, 9.17) is 0 Å². The highest BCUT2D eigenvalue weighted by molar-refractivity contribution is 7.90. The van der Waals surface area contributed by atoms with Gasteiger partial charge in [-0.05, 0) is 30.3 Å². The van der Waals surface area contributed by atoms with Gasteiger partial charge in [0.15, 0.2) is 11.7 Å². The topological polar surface area (TPSA) is 106 Å². The second kappa shape index (κ2) is 5.64. The van der Waals surface area contributed by atoms with E-state index in [0.29, 0.717) is 11.4 Å². The lowest BCUT2D eigenvalue weighted by Gasteiger charge is -2.06. The molecule has 1 aliphatic rings. The van der Waals surface area contributed by atoms with E-state index >= 15 is 0 Å². The number of hydrogen-bond acceptors (Lipinski definition) is 5. The fraction of sp³-hybridized carbons (Fsp3) is 0. The van der Waals surface area contributed by atoms with Crippen LogP contribution in [0.15, 0.2) is 70.3 Å². The Kier molecular flexibility index (Phi) is 3.43. The van der Waals surface area contributed by atoms with E-state index in [9.17, 15) is 13.2 Å². The number of nitrogens with zero attached hydrogens (tertiary/aromatic N) is 4. The molecule has 0 aliphatic carbocycles. The van der Waals surface area contributed by atoms with E-state index in [1.807, 2.05) is 0 Å². The minimum absolute atomic E-state index is 0.0109. The second-order valence-electron chi connectivity index (χ2n) is 5.22. The predicted octanol–water partition coefficient (Wildman–Crippen LogP) is 1.15. The zero-order chi connectivity index (χ0) is 17.4. The quantitative estimate of drug-likeness (QED) is 0.744. The van der Waals surface area contributed by atoms with Crippen LogP contribution in [0.25, 0.3) is 5.82 Å². The first-order valence-corrected chi connectivity index (χ1v) is 8.70. The lowest BCUT2D eigenvalue weighted by Crippen LogP contribution is -2.30. The summed E-state index contributed by atoms with van der Waals surface area (Å²) in [4.78, 5) is 16.6. The number of nitrogens with one attached hydrogen (secondary N) is 1. The average molecular weight is 353 g/mol.